The minimum Gasteiger partial charge on any atom is -0.317 e. The van der Waals surface area contributed by atoms with Crippen molar-refractivity contribution < 1.29 is 8.42 Å². The zero-order chi connectivity index (χ0) is 14.6. The Morgan fingerprint density at radius 3 is 2.60 bits per heavy atom. The van der Waals surface area contributed by atoms with Crippen LogP contribution in [0.25, 0.3) is 0 Å². The van der Waals surface area contributed by atoms with Crippen LogP contribution in [-0.2, 0) is 10.0 Å². The third-order valence-corrected chi connectivity index (χ3v) is 6.33. The summed E-state index contributed by atoms with van der Waals surface area (Å²) in [5.41, 5.74) is 0. The summed E-state index contributed by atoms with van der Waals surface area (Å²) in [4.78, 5) is 0. The van der Waals surface area contributed by atoms with Crippen molar-refractivity contribution in [2.75, 3.05) is 32.4 Å². The van der Waals surface area contributed by atoms with Gasteiger partial charge in [-0.2, -0.15) is 0 Å². The summed E-state index contributed by atoms with van der Waals surface area (Å²) in [6.45, 7) is 5.83. The van der Waals surface area contributed by atoms with Crippen LogP contribution in [0.3, 0.4) is 0 Å². The zero-order valence-corrected chi connectivity index (χ0v) is 13.8. The smallest absolute Gasteiger partial charge is 0.211 e. The Hall–Kier alpha value is -0.130. The van der Waals surface area contributed by atoms with Gasteiger partial charge in [-0.15, -0.1) is 0 Å². The minimum absolute atomic E-state index is 0.575. The van der Waals surface area contributed by atoms with E-state index in [-0.39, 0.29) is 0 Å². The molecule has 2 rings (SSSR count). The van der Waals surface area contributed by atoms with Gasteiger partial charge in [0.2, 0.25) is 10.0 Å². The highest BCUT2D eigenvalue weighted by molar-refractivity contribution is 7.88. The van der Waals surface area contributed by atoms with E-state index >= 15 is 0 Å². The van der Waals surface area contributed by atoms with Crippen LogP contribution >= 0.6 is 0 Å². The van der Waals surface area contributed by atoms with Crippen molar-refractivity contribution in [2.24, 2.45) is 17.8 Å². The topological polar surface area (TPSA) is 49.4 Å². The Morgan fingerprint density at radius 2 is 1.90 bits per heavy atom. The summed E-state index contributed by atoms with van der Waals surface area (Å²) in [6, 6.07) is 0. The lowest BCUT2D eigenvalue weighted by Crippen LogP contribution is -2.40. The van der Waals surface area contributed by atoms with E-state index in [2.05, 4.69) is 12.2 Å². The fraction of sp³-hybridized carbons (Fsp3) is 1.00. The van der Waals surface area contributed by atoms with Gasteiger partial charge in [0.25, 0.3) is 0 Å². The lowest BCUT2D eigenvalue weighted by Gasteiger charge is -2.33. The van der Waals surface area contributed by atoms with E-state index in [1.807, 2.05) is 0 Å². The number of rotatable bonds is 6. The van der Waals surface area contributed by atoms with Crippen LogP contribution in [0.1, 0.15) is 45.4 Å². The first kappa shape index (κ1) is 16.2. The minimum atomic E-state index is -3.00. The van der Waals surface area contributed by atoms with Crippen LogP contribution in [0.4, 0.5) is 0 Å². The Kier molecular flexibility index (Phi) is 5.87. The van der Waals surface area contributed by atoms with E-state index < -0.39 is 10.0 Å². The van der Waals surface area contributed by atoms with Gasteiger partial charge in [0.1, 0.15) is 0 Å². The molecular formula is C15H30N2O2S. The third kappa shape index (κ3) is 4.43. The first-order valence-electron chi connectivity index (χ1n) is 8.16. The number of hydrogen-bond donors (Lipinski definition) is 1. The fourth-order valence-electron chi connectivity index (χ4n) is 3.97. The van der Waals surface area contributed by atoms with Crippen LogP contribution < -0.4 is 5.32 Å². The van der Waals surface area contributed by atoms with Gasteiger partial charge in [-0.1, -0.05) is 19.8 Å². The van der Waals surface area contributed by atoms with Crippen LogP contribution in [0.2, 0.25) is 0 Å². The van der Waals surface area contributed by atoms with Crippen molar-refractivity contribution in [3.8, 4) is 0 Å². The third-order valence-electron chi connectivity index (χ3n) is 5.06. The molecule has 1 saturated heterocycles. The van der Waals surface area contributed by atoms with Crippen LogP contribution in [-0.4, -0.2) is 45.2 Å². The molecule has 0 spiro atoms. The van der Waals surface area contributed by atoms with Gasteiger partial charge in [-0.25, -0.2) is 12.7 Å². The average Bonchev–Trinajstić information content (AvgIpc) is 2.83. The van der Waals surface area contributed by atoms with Crippen molar-refractivity contribution in [1.82, 2.24) is 9.62 Å². The maximum absolute atomic E-state index is 11.7. The highest BCUT2D eigenvalue weighted by Crippen LogP contribution is 2.37. The summed E-state index contributed by atoms with van der Waals surface area (Å²) in [5.74, 6) is 2.19. The molecule has 0 aromatic heterocycles. The van der Waals surface area contributed by atoms with Gasteiger partial charge < -0.3 is 5.32 Å². The normalized spacial score (nSPS) is 32.6. The van der Waals surface area contributed by atoms with Crippen LogP contribution in [0, 0.1) is 17.8 Å². The molecule has 5 heteroatoms. The summed E-state index contributed by atoms with van der Waals surface area (Å²) < 4.78 is 25.1. The van der Waals surface area contributed by atoms with Crippen molar-refractivity contribution in [3.63, 3.8) is 0 Å². The lowest BCUT2D eigenvalue weighted by atomic mass is 9.83. The molecule has 2 aliphatic rings. The molecule has 1 N–H and O–H groups in total. The zero-order valence-electron chi connectivity index (χ0n) is 13.0. The quantitative estimate of drug-likeness (QED) is 0.817. The van der Waals surface area contributed by atoms with Gasteiger partial charge in [-0.05, 0) is 56.5 Å². The van der Waals surface area contributed by atoms with E-state index in [1.54, 1.807) is 4.31 Å². The Labute approximate surface area is 124 Å². The number of piperidine rings is 1. The summed E-state index contributed by atoms with van der Waals surface area (Å²) >= 11 is 0. The second-order valence-corrected chi connectivity index (χ2v) is 8.61. The molecule has 1 heterocycles. The van der Waals surface area contributed by atoms with Gasteiger partial charge in [0.05, 0.1) is 6.26 Å². The van der Waals surface area contributed by atoms with E-state index in [1.165, 1.54) is 38.4 Å². The molecular weight excluding hydrogens is 272 g/mol. The second-order valence-electron chi connectivity index (χ2n) is 6.62. The molecule has 1 saturated carbocycles. The molecule has 0 aromatic rings. The molecule has 20 heavy (non-hydrogen) atoms. The molecule has 0 bridgehead atoms. The van der Waals surface area contributed by atoms with Crippen molar-refractivity contribution in [1.29, 1.82) is 0 Å². The second kappa shape index (κ2) is 7.23. The van der Waals surface area contributed by atoms with Gasteiger partial charge in [0, 0.05) is 13.1 Å². The molecule has 1 aliphatic carbocycles. The van der Waals surface area contributed by atoms with Crippen LogP contribution in [0.15, 0.2) is 0 Å². The van der Waals surface area contributed by atoms with Gasteiger partial charge in [-0.3, -0.25) is 0 Å². The first-order chi connectivity index (χ1) is 9.50. The number of hydrogen-bond acceptors (Lipinski definition) is 3. The fourth-order valence-corrected chi connectivity index (χ4v) is 4.91. The van der Waals surface area contributed by atoms with Crippen molar-refractivity contribution in [3.05, 3.63) is 0 Å². The molecule has 4 nitrogen and oxygen atoms in total. The SMILES string of the molecule is CCNCC1CCCC1CC1CCCN(S(C)(=O)=O)C1. The predicted molar refractivity (Wildman–Crippen MR) is 83.1 cm³/mol. The Bertz CT molecular complexity index is 397. The van der Waals surface area contributed by atoms with Gasteiger partial charge >= 0.3 is 0 Å². The molecule has 0 aromatic carbocycles. The van der Waals surface area contributed by atoms with Crippen molar-refractivity contribution >= 4 is 10.0 Å². The molecule has 1 aliphatic heterocycles. The summed E-state index contributed by atoms with van der Waals surface area (Å²) in [5, 5.41) is 3.48. The van der Waals surface area contributed by atoms with Crippen molar-refractivity contribution in [2.45, 2.75) is 45.4 Å². The molecule has 0 radical (unpaired) electrons. The first-order valence-corrected chi connectivity index (χ1v) is 10.0. The van der Waals surface area contributed by atoms with E-state index in [9.17, 15) is 8.42 Å². The number of nitrogens with one attached hydrogen (secondary N) is 1. The Balaban J connectivity index is 1.86. The van der Waals surface area contributed by atoms with Gasteiger partial charge in [0.15, 0.2) is 0 Å². The lowest BCUT2D eigenvalue weighted by molar-refractivity contribution is 0.210. The Morgan fingerprint density at radius 1 is 1.15 bits per heavy atom. The molecule has 118 valence electrons. The molecule has 2 fully saturated rings. The molecule has 3 atom stereocenters. The monoisotopic (exact) mass is 302 g/mol. The predicted octanol–water partition coefficient (Wildman–Crippen LogP) is 2.07. The van der Waals surface area contributed by atoms with E-state index in [0.29, 0.717) is 5.92 Å². The highest BCUT2D eigenvalue weighted by atomic mass is 32.2. The van der Waals surface area contributed by atoms with Crippen LogP contribution in [0.5, 0.6) is 0 Å². The largest absolute Gasteiger partial charge is 0.317 e. The number of sulfonamides is 1. The molecule has 0 amide bonds. The highest BCUT2D eigenvalue weighted by Gasteiger charge is 2.32. The summed E-state index contributed by atoms with van der Waals surface area (Å²) in [7, 11) is -3.00. The molecule has 3 unspecified atom stereocenters. The maximum Gasteiger partial charge on any atom is 0.211 e. The summed E-state index contributed by atoms with van der Waals surface area (Å²) in [6.07, 6.45) is 8.84. The maximum atomic E-state index is 11.7. The van der Waals surface area contributed by atoms with E-state index in [0.717, 1.165) is 44.4 Å². The van der Waals surface area contributed by atoms with E-state index in [4.69, 9.17) is 0 Å². The average molecular weight is 302 g/mol. The standard InChI is InChI=1S/C15H30N2O2S/c1-3-16-11-15-8-4-7-14(15)10-13-6-5-9-17(12-13)20(2,18)19/h13-16H,3-12H2,1-2H3. The number of nitrogens with zero attached hydrogens (tertiary/aromatic N) is 1.